The zero-order valence-corrected chi connectivity index (χ0v) is 25.6. The molecule has 1 aliphatic heterocycles. The second-order valence-electron chi connectivity index (χ2n) is 10.1. The molecule has 1 fully saturated rings. The van der Waals surface area contributed by atoms with Crippen molar-refractivity contribution >= 4 is 58.0 Å². The number of ether oxygens (including phenoxy) is 4. The molecule has 4 atom stereocenters. The molecule has 0 saturated carbocycles. The van der Waals surface area contributed by atoms with Gasteiger partial charge in [-0.25, -0.2) is 24.5 Å². The Morgan fingerprint density at radius 3 is 2.13 bits per heavy atom. The number of hydrogen-bond acceptors (Lipinski definition) is 10. The molecule has 234 valence electrons. The van der Waals surface area contributed by atoms with Gasteiger partial charge < -0.3 is 24.3 Å². The molecular weight excluding hydrogens is 637 g/mol. The van der Waals surface area contributed by atoms with Crippen molar-refractivity contribution in [2.45, 2.75) is 24.5 Å². The summed E-state index contributed by atoms with van der Waals surface area (Å²) in [5.74, 6) is -1.48. The van der Waals surface area contributed by atoms with Crippen molar-refractivity contribution in [3.05, 3.63) is 118 Å². The van der Waals surface area contributed by atoms with Crippen LogP contribution < -0.4 is 5.32 Å². The van der Waals surface area contributed by atoms with Crippen LogP contribution in [0.2, 0.25) is 10.0 Å². The van der Waals surface area contributed by atoms with Gasteiger partial charge in [-0.3, -0.25) is 9.36 Å². The minimum Gasteiger partial charge on any atom is -0.459 e. The third-order valence-corrected chi connectivity index (χ3v) is 7.74. The summed E-state index contributed by atoms with van der Waals surface area (Å²) in [5, 5.41) is 3.69. The maximum absolute atomic E-state index is 13.2. The van der Waals surface area contributed by atoms with Crippen molar-refractivity contribution < 1.29 is 33.3 Å². The van der Waals surface area contributed by atoms with E-state index in [1.807, 2.05) is 0 Å². The summed E-state index contributed by atoms with van der Waals surface area (Å²) in [7, 11) is 1.44. The fraction of sp³-hybridized carbons (Fsp3) is 0.188. The Labute approximate surface area is 272 Å². The number of halogens is 2. The van der Waals surface area contributed by atoms with E-state index in [4.69, 9.17) is 42.1 Å². The van der Waals surface area contributed by atoms with Crippen molar-refractivity contribution in [1.82, 2.24) is 19.5 Å². The highest BCUT2D eigenvalue weighted by molar-refractivity contribution is 6.31. The van der Waals surface area contributed by atoms with Gasteiger partial charge in [-0.15, -0.1) is 0 Å². The number of rotatable bonds is 9. The van der Waals surface area contributed by atoms with Gasteiger partial charge in [0, 0.05) is 22.7 Å². The molecule has 0 spiro atoms. The highest BCUT2D eigenvalue weighted by atomic mass is 35.5. The minimum atomic E-state index is -1.03. The predicted octanol–water partition coefficient (Wildman–Crippen LogP) is 5.38. The molecule has 6 rings (SSSR count). The van der Waals surface area contributed by atoms with Crippen LogP contribution in [0.4, 0.5) is 5.82 Å². The number of amides is 1. The smallest absolute Gasteiger partial charge is 0.338 e. The molecule has 12 nitrogen and oxygen atoms in total. The molecule has 0 unspecified atom stereocenters. The first kappa shape index (κ1) is 31.1. The average molecular weight is 662 g/mol. The van der Waals surface area contributed by atoms with Crippen LogP contribution in [0, 0.1) is 0 Å². The Balaban J connectivity index is 1.28. The second-order valence-corrected chi connectivity index (χ2v) is 11.0. The fourth-order valence-electron chi connectivity index (χ4n) is 4.96. The summed E-state index contributed by atoms with van der Waals surface area (Å²) in [5.41, 5.74) is 1.57. The summed E-state index contributed by atoms with van der Waals surface area (Å²) in [6.07, 6.45) is -1.10. The summed E-state index contributed by atoms with van der Waals surface area (Å²) >= 11 is 11.9. The number of benzene rings is 3. The Morgan fingerprint density at radius 1 is 0.826 bits per heavy atom. The predicted molar refractivity (Wildman–Crippen MR) is 167 cm³/mol. The third-order valence-electron chi connectivity index (χ3n) is 7.24. The molecule has 1 amide bonds. The van der Waals surface area contributed by atoms with E-state index in [9.17, 15) is 14.4 Å². The number of aromatic nitrogens is 4. The minimum absolute atomic E-state index is 0.184. The molecule has 0 bridgehead atoms. The number of nitrogens with zero attached hydrogens (tertiary/aromatic N) is 4. The number of esters is 2. The molecule has 3 heterocycles. The molecule has 3 aromatic carbocycles. The first-order valence-corrected chi connectivity index (χ1v) is 14.7. The molecule has 0 radical (unpaired) electrons. The Kier molecular flexibility index (Phi) is 9.22. The van der Waals surface area contributed by atoms with Gasteiger partial charge in [-0.2, -0.15) is 0 Å². The van der Waals surface area contributed by atoms with Crippen LogP contribution in [0.1, 0.15) is 37.3 Å². The van der Waals surface area contributed by atoms with E-state index in [0.29, 0.717) is 21.3 Å². The van der Waals surface area contributed by atoms with E-state index in [1.54, 1.807) is 59.2 Å². The zero-order chi connectivity index (χ0) is 32.2. The Morgan fingerprint density at radius 2 is 1.48 bits per heavy atom. The number of methoxy groups -OCH3 is 1. The zero-order valence-electron chi connectivity index (χ0n) is 24.1. The van der Waals surface area contributed by atoms with Gasteiger partial charge >= 0.3 is 11.9 Å². The van der Waals surface area contributed by atoms with Crippen LogP contribution in [-0.2, 0) is 18.9 Å². The number of nitrogens with one attached hydrogen (secondary N) is 1. The molecule has 1 aliphatic rings. The lowest BCUT2D eigenvalue weighted by Gasteiger charge is -2.23. The van der Waals surface area contributed by atoms with Gasteiger partial charge in [0.15, 0.2) is 29.3 Å². The van der Waals surface area contributed by atoms with Crippen molar-refractivity contribution in [2.75, 3.05) is 19.0 Å². The van der Waals surface area contributed by atoms with Gasteiger partial charge in [-0.1, -0.05) is 41.4 Å². The molecule has 2 aromatic heterocycles. The standard InChI is InChI=1S/C32H25Cl2N5O7/c1-43-26-25(46-32(42)20-9-13-22(34)14-10-20)23(15-44-31(41)19-7-11-21(33)12-8-19)45-30(26)39-17-37-24-27(35-16-36-28(24)39)38-29(40)18-5-3-2-4-6-18/h2-14,16-17,23,25-26,30H,15H2,1H3,(H,35,36,38,40)/t23-,25-,26+,30-/m1/s1. The summed E-state index contributed by atoms with van der Waals surface area (Å²) < 4.78 is 25.2. The topological polar surface area (TPSA) is 144 Å². The molecule has 5 aromatic rings. The van der Waals surface area contributed by atoms with Crippen molar-refractivity contribution in [3.63, 3.8) is 0 Å². The van der Waals surface area contributed by atoms with Gasteiger partial charge in [0.1, 0.15) is 25.1 Å². The largest absolute Gasteiger partial charge is 0.459 e. The van der Waals surface area contributed by atoms with Crippen LogP contribution in [0.5, 0.6) is 0 Å². The van der Waals surface area contributed by atoms with Crippen molar-refractivity contribution in [1.29, 1.82) is 0 Å². The van der Waals surface area contributed by atoms with Crippen LogP contribution in [0.15, 0.2) is 91.5 Å². The van der Waals surface area contributed by atoms with Crippen molar-refractivity contribution in [3.8, 4) is 0 Å². The SMILES string of the molecule is CO[C@H]1[C@H](OC(=O)c2ccc(Cl)cc2)[C@@H](COC(=O)c2ccc(Cl)cc2)O[C@H]1n1cnc2c(NC(=O)c3ccccc3)ncnc21. The number of hydrogen-bond donors (Lipinski definition) is 1. The van der Waals surface area contributed by atoms with Crippen LogP contribution in [0.25, 0.3) is 11.2 Å². The van der Waals surface area contributed by atoms with Crippen molar-refractivity contribution in [2.24, 2.45) is 0 Å². The quantitative estimate of drug-likeness (QED) is 0.204. The number of fused-ring (bicyclic) bond motifs is 1. The van der Waals surface area contributed by atoms with Crippen LogP contribution in [0.3, 0.4) is 0 Å². The third kappa shape index (κ3) is 6.56. The van der Waals surface area contributed by atoms with Gasteiger partial charge in [-0.05, 0) is 60.7 Å². The number of anilines is 1. The van der Waals surface area contributed by atoms with E-state index in [1.165, 1.54) is 44.0 Å². The molecule has 1 N–H and O–H groups in total. The van der Waals surface area contributed by atoms with E-state index in [2.05, 4.69) is 20.3 Å². The molecular formula is C32H25Cl2N5O7. The van der Waals surface area contributed by atoms with E-state index in [-0.39, 0.29) is 35.0 Å². The van der Waals surface area contributed by atoms with E-state index >= 15 is 0 Å². The number of carbonyl (C=O) groups excluding carboxylic acids is 3. The summed E-state index contributed by atoms with van der Waals surface area (Å²) in [6, 6.07) is 21.1. The summed E-state index contributed by atoms with van der Waals surface area (Å²) in [4.78, 5) is 51.9. The number of imidazole rings is 1. The van der Waals surface area contributed by atoms with Gasteiger partial charge in [0.2, 0.25) is 0 Å². The van der Waals surface area contributed by atoms with Gasteiger partial charge in [0.25, 0.3) is 5.91 Å². The maximum Gasteiger partial charge on any atom is 0.338 e. The maximum atomic E-state index is 13.2. The molecule has 1 saturated heterocycles. The first-order chi connectivity index (χ1) is 22.3. The second kappa shape index (κ2) is 13.6. The first-order valence-electron chi connectivity index (χ1n) is 13.9. The van der Waals surface area contributed by atoms with Crippen LogP contribution in [-0.4, -0.2) is 69.4 Å². The fourth-order valence-corrected chi connectivity index (χ4v) is 5.21. The lowest BCUT2D eigenvalue weighted by Crippen LogP contribution is -2.39. The average Bonchev–Trinajstić information content (AvgIpc) is 3.66. The van der Waals surface area contributed by atoms with E-state index in [0.717, 1.165) is 0 Å². The van der Waals surface area contributed by atoms with E-state index < -0.39 is 36.5 Å². The monoisotopic (exact) mass is 661 g/mol. The lowest BCUT2D eigenvalue weighted by atomic mass is 10.1. The lowest BCUT2D eigenvalue weighted by molar-refractivity contribution is -0.0620. The molecule has 0 aliphatic carbocycles. The Hall–Kier alpha value is -4.88. The highest BCUT2D eigenvalue weighted by Crippen LogP contribution is 2.36. The van der Waals surface area contributed by atoms with Gasteiger partial charge in [0.05, 0.1) is 17.5 Å². The van der Waals surface area contributed by atoms with Crippen LogP contribution >= 0.6 is 23.2 Å². The molecule has 14 heteroatoms. The normalized spacial score (nSPS) is 19.1. The summed E-state index contributed by atoms with van der Waals surface area (Å²) in [6.45, 7) is -0.281. The molecule has 46 heavy (non-hydrogen) atoms. The number of carbonyl (C=O) groups is 3. The highest BCUT2D eigenvalue weighted by Gasteiger charge is 2.49. The Bertz CT molecular complexity index is 1870.